The third kappa shape index (κ3) is 4.51. The molecule has 29 heavy (non-hydrogen) atoms. The van der Waals surface area contributed by atoms with Crippen LogP contribution in [0.4, 0.5) is 5.69 Å². The Bertz CT molecular complexity index is 997. The lowest BCUT2D eigenvalue weighted by atomic mass is 10.2. The Labute approximate surface area is 171 Å². The minimum absolute atomic E-state index is 0.0999. The predicted octanol–water partition coefficient (Wildman–Crippen LogP) is 3.56. The van der Waals surface area contributed by atoms with E-state index in [2.05, 4.69) is 36.0 Å². The minimum atomic E-state index is -0.0999. The van der Waals surface area contributed by atoms with Crippen LogP contribution in [0.15, 0.2) is 77.7 Å². The zero-order chi connectivity index (χ0) is 20.2. The molecule has 1 aliphatic rings. The Morgan fingerprint density at radius 3 is 2.38 bits per heavy atom. The van der Waals surface area contributed by atoms with Gasteiger partial charge in [0.15, 0.2) is 0 Å². The fourth-order valence-corrected chi connectivity index (χ4v) is 3.73. The van der Waals surface area contributed by atoms with Gasteiger partial charge in [-0.05, 0) is 56.4 Å². The fraction of sp³-hybridized carbons (Fsp3) is 0.292. The lowest BCUT2D eigenvalue weighted by Crippen LogP contribution is -2.31. The highest BCUT2D eigenvalue weighted by molar-refractivity contribution is 5.52. The normalized spacial score (nSPS) is 16.4. The molecule has 0 radical (unpaired) electrons. The van der Waals surface area contributed by atoms with Crippen LogP contribution in [0.2, 0.25) is 0 Å². The highest BCUT2D eigenvalue weighted by atomic mass is 16.5. The lowest BCUT2D eigenvalue weighted by molar-refractivity contribution is 0.305. The zero-order valence-electron chi connectivity index (χ0n) is 17.0. The first kappa shape index (κ1) is 19.3. The Morgan fingerprint density at radius 2 is 1.72 bits per heavy atom. The first-order valence-corrected chi connectivity index (χ1v) is 10.0. The van der Waals surface area contributed by atoms with Gasteiger partial charge in [0.1, 0.15) is 12.4 Å². The maximum absolute atomic E-state index is 12.6. The first-order chi connectivity index (χ1) is 14.1. The number of aromatic nitrogens is 1. The topological polar surface area (TPSA) is 37.7 Å². The van der Waals surface area contributed by atoms with Crippen molar-refractivity contribution >= 4 is 5.69 Å². The number of nitrogens with zero attached hydrogens (tertiary/aromatic N) is 3. The number of rotatable bonds is 6. The number of pyridine rings is 1. The molecule has 3 aromatic rings. The molecule has 0 saturated carbocycles. The molecular weight excluding hydrogens is 362 g/mol. The van der Waals surface area contributed by atoms with E-state index in [9.17, 15) is 4.79 Å². The van der Waals surface area contributed by atoms with Gasteiger partial charge < -0.3 is 14.5 Å². The first-order valence-electron chi connectivity index (χ1n) is 10.0. The summed E-state index contributed by atoms with van der Waals surface area (Å²) in [6.45, 7) is 2.55. The van der Waals surface area contributed by atoms with Crippen molar-refractivity contribution in [2.75, 3.05) is 32.1 Å². The van der Waals surface area contributed by atoms with Crippen LogP contribution < -0.4 is 15.2 Å². The van der Waals surface area contributed by atoms with Crippen LogP contribution in [0.3, 0.4) is 0 Å². The van der Waals surface area contributed by atoms with E-state index in [1.54, 1.807) is 16.8 Å². The van der Waals surface area contributed by atoms with Crippen molar-refractivity contribution in [2.24, 2.45) is 0 Å². The largest absolute Gasteiger partial charge is 0.489 e. The van der Waals surface area contributed by atoms with Gasteiger partial charge in [0.25, 0.3) is 5.56 Å². The number of ether oxygens (including phenoxy) is 1. The van der Waals surface area contributed by atoms with Gasteiger partial charge >= 0.3 is 0 Å². The zero-order valence-corrected chi connectivity index (χ0v) is 17.0. The molecular formula is C24H27N3O2. The van der Waals surface area contributed by atoms with Gasteiger partial charge in [0, 0.05) is 42.8 Å². The molecule has 1 unspecified atom stereocenters. The molecule has 2 aromatic carbocycles. The highest BCUT2D eigenvalue weighted by Crippen LogP contribution is 2.23. The van der Waals surface area contributed by atoms with Gasteiger partial charge in [-0.15, -0.1) is 0 Å². The van der Waals surface area contributed by atoms with Gasteiger partial charge in [-0.25, -0.2) is 0 Å². The van der Waals surface area contributed by atoms with Gasteiger partial charge in [0.05, 0.1) is 0 Å². The van der Waals surface area contributed by atoms with Crippen molar-refractivity contribution in [2.45, 2.75) is 19.1 Å². The summed E-state index contributed by atoms with van der Waals surface area (Å²) in [7, 11) is 4.27. The standard InChI is InChI=1S/C24H27N3O2/c1-25(2)22-12-14-26(17-22)20-8-10-21(11-9-20)27-15-13-23(16-24(27)28)29-18-19-6-4-3-5-7-19/h3-11,13,15-16,22H,12,14,17-18H2,1-2H3. The van der Waals surface area contributed by atoms with Crippen LogP contribution in [0.1, 0.15) is 12.0 Å². The van der Waals surface area contributed by atoms with Crippen molar-refractivity contribution in [1.82, 2.24) is 9.47 Å². The van der Waals surface area contributed by atoms with E-state index in [0.717, 1.165) is 24.3 Å². The van der Waals surface area contributed by atoms with Crippen LogP contribution in [-0.2, 0) is 6.61 Å². The molecule has 5 heteroatoms. The molecule has 4 rings (SSSR count). The van der Waals surface area contributed by atoms with E-state index in [0.29, 0.717) is 18.4 Å². The van der Waals surface area contributed by atoms with Gasteiger partial charge in [-0.1, -0.05) is 30.3 Å². The molecule has 150 valence electrons. The third-order valence-electron chi connectivity index (χ3n) is 5.53. The average Bonchev–Trinajstić information content (AvgIpc) is 3.24. The minimum Gasteiger partial charge on any atom is -0.489 e. The Kier molecular flexibility index (Phi) is 5.67. The number of likely N-dealkylation sites (N-methyl/N-ethyl adjacent to an activating group) is 1. The summed E-state index contributed by atoms with van der Waals surface area (Å²) in [6, 6.07) is 22.1. The second-order valence-corrected chi connectivity index (χ2v) is 7.71. The van der Waals surface area contributed by atoms with Crippen molar-refractivity contribution in [3.8, 4) is 11.4 Å². The molecule has 0 aliphatic carbocycles. The van der Waals surface area contributed by atoms with Crippen molar-refractivity contribution in [1.29, 1.82) is 0 Å². The van der Waals surface area contributed by atoms with Crippen molar-refractivity contribution < 1.29 is 4.74 Å². The smallest absolute Gasteiger partial charge is 0.258 e. The number of anilines is 1. The number of hydrogen-bond acceptors (Lipinski definition) is 4. The summed E-state index contributed by atoms with van der Waals surface area (Å²) in [4.78, 5) is 17.3. The van der Waals surface area contributed by atoms with E-state index in [-0.39, 0.29) is 5.56 Å². The van der Waals surface area contributed by atoms with Crippen LogP contribution in [-0.4, -0.2) is 42.7 Å². The van der Waals surface area contributed by atoms with Gasteiger partial charge in [0.2, 0.25) is 0 Å². The number of hydrogen-bond donors (Lipinski definition) is 0. The Balaban J connectivity index is 1.44. The fourth-order valence-electron chi connectivity index (χ4n) is 3.73. The molecule has 5 nitrogen and oxygen atoms in total. The van der Waals surface area contributed by atoms with Crippen LogP contribution in [0.5, 0.6) is 5.75 Å². The van der Waals surface area contributed by atoms with Gasteiger partial charge in [-0.2, -0.15) is 0 Å². The molecule has 2 heterocycles. The van der Waals surface area contributed by atoms with E-state index >= 15 is 0 Å². The molecule has 1 fully saturated rings. The maximum atomic E-state index is 12.6. The quantitative estimate of drug-likeness (QED) is 0.646. The summed E-state index contributed by atoms with van der Waals surface area (Å²) < 4.78 is 7.40. The van der Waals surface area contributed by atoms with E-state index in [1.165, 1.54) is 12.1 Å². The molecule has 1 aliphatic heterocycles. The highest BCUT2D eigenvalue weighted by Gasteiger charge is 2.23. The summed E-state index contributed by atoms with van der Waals surface area (Å²) in [6.07, 6.45) is 2.95. The number of benzene rings is 2. The van der Waals surface area contributed by atoms with Crippen LogP contribution >= 0.6 is 0 Å². The van der Waals surface area contributed by atoms with Crippen LogP contribution in [0.25, 0.3) is 5.69 Å². The summed E-state index contributed by atoms with van der Waals surface area (Å²) in [5, 5.41) is 0. The predicted molar refractivity (Wildman–Crippen MR) is 117 cm³/mol. The molecule has 1 saturated heterocycles. The molecule has 0 N–H and O–H groups in total. The molecule has 0 spiro atoms. The second kappa shape index (κ2) is 8.53. The lowest BCUT2D eigenvalue weighted by Gasteiger charge is -2.22. The molecule has 1 atom stereocenters. The third-order valence-corrected chi connectivity index (χ3v) is 5.53. The summed E-state index contributed by atoms with van der Waals surface area (Å²) >= 11 is 0. The van der Waals surface area contributed by atoms with Crippen LogP contribution in [0, 0.1) is 0 Å². The SMILES string of the molecule is CN(C)C1CCN(c2ccc(-n3ccc(OCc4ccccc4)cc3=O)cc2)C1. The van der Waals surface area contributed by atoms with Crippen molar-refractivity contribution in [3.63, 3.8) is 0 Å². The van der Waals surface area contributed by atoms with E-state index in [4.69, 9.17) is 4.74 Å². The maximum Gasteiger partial charge on any atom is 0.258 e. The Morgan fingerprint density at radius 1 is 1.00 bits per heavy atom. The second-order valence-electron chi connectivity index (χ2n) is 7.71. The monoisotopic (exact) mass is 389 g/mol. The van der Waals surface area contributed by atoms with Gasteiger partial charge in [-0.3, -0.25) is 9.36 Å². The summed E-state index contributed by atoms with van der Waals surface area (Å²) in [5.41, 5.74) is 3.04. The van der Waals surface area contributed by atoms with E-state index in [1.807, 2.05) is 48.5 Å². The van der Waals surface area contributed by atoms with E-state index < -0.39 is 0 Å². The van der Waals surface area contributed by atoms with Crippen molar-refractivity contribution in [3.05, 3.63) is 88.8 Å². The summed E-state index contributed by atoms with van der Waals surface area (Å²) in [5.74, 6) is 0.582. The Hall–Kier alpha value is -3.05. The average molecular weight is 389 g/mol. The molecule has 1 aromatic heterocycles. The molecule has 0 amide bonds. The molecule has 0 bridgehead atoms.